The number of rotatable bonds is 1. The van der Waals surface area contributed by atoms with Gasteiger partial charge in [0, 0.05) is 6.42 Å². The first-order chi connectivity index (χ1) is 5.15. The van der Waals surface area contributed by atoms with Crippen molar-refractivity contribution < 1.29 is 20.1 Å². The summed E-state index contributed by atoms with van der Waals surface area (Å²) < 4.78 is 5.02. The molecule has 1 rings (SSSR count). The van der Waals surface area contributed by atoms with Gasteiger partial charge in [0.2, 0.25) is 0 Å². The van der Waals surface area contributed by atoms with E-state index in [0.717, 1.165) is 0 Å². The van der Waals surface area contributed by atoms with Crippen LogP contribution in [0.3, 0.4) is 0 Å². The standard InChI is InChI=1S/C6H12O4S/c7-2-4-6(9)3(8)1-5(11)10-4/h3-9,11H,1-2H2/t3?,4?,5-,6+/m1/s1. The van der Waals surface area contributed by atoms with E-state index in [9.17, 15) is 5.11 Å². The Balaban J connectivity index is 2.51. The van der Waals surface area contributed by atoms with Crippen LogP contribution in [-0.4, -0.2) is 45.7 Å². The highest BCUT2D eigenvalue weighted by molar-refractivity contribution is 7.80. The van der Waals surface area contributed by atoms with E-state index in [4.69, 9.17) is 14.9 Å². The van der Waals surface area contributed by atoms with Crippen LogP contribution in [0.2, 0.25) is 0 Å². The summed E-state index contributed by atoms with van der Waals surface area (Å²) in [7, 11) is 0. The summed E-state index contributed by atoms with van der Waals surface area (Å²) in [4.78, 5) is 0. The van der Waals surface area contributed by atoms with Crippen molar-refractivity contribution in [2.45, 2.75) is 30.2 Å². The van der Waals surface area contributed by atoms with Gasteiger partial charge >= 0.3 is 0 Å². The number of ether oxygens (including phenoxy) is 1. The number of hydrogen-bond acceptors (Lipinski definition) is 5. The van der Waals surface area contributed by atoms with Crippen molar-refractivity contribution in [3.8, 4) is 0 Å². The molecule has 1 saturated heterocycles. The Morgan fingerprint density at radius 3 is 2.64 bits per heavy atom. The highest BCUT2D eigenvalue weighted by atomic mass is 32.1. The van der Waals surface area contributed by atoms with Crippen LogP contribution in [-0.2, 0) is 4.74 Å². The van der Waals surface area contributed by atoms with Crippen molar-refractivity contribution in [2.75, 3.05) is 6.61 Å². The van der Waals surface area contributed by atoms with Gasteiger partial charge in [-0.2, -0.15) is 0 Å². The zero-order chi connectivity index (χ0) is 8.43. The zero-order valence-corrected chi connectivity index (χ0v) is 6.82. The van der Waals surface area contributed by atoms with Gasteiger partial charge in [-0.1, -0.05) is 0 Å². The summed E-state index contributed by atoms with van der Waals surface area (Å²) in [6.45, 7) is -0.296. The average Bonchev–Trinajstić information content (AvgIpc) is 1.96. The summed E-state index contributed by atoms with van der Waals surface area (Å²) in [6, 6.07) is 0. The number of aliphatic hydroxyl groups excluding tert-OH is 3. The van der Waals surface area contributed by atoms with Gasteiger partial charge in [0.05, 0.1) is 12.7 Å². The summed E-state index contributed by atoms with van der Waals surface area (Å²) in [5.41, 5.74) is -0.398. The highest BCUT2D eigenvalue weighted by Crippen LogP contribution is 2.21. The van der Waals surface area contributed by atoms with Crippen LogP contribution >= 0.6 is 12.6 Å². The van der Waals surface area contributed by atoms with Crippen molar-refractivity contribution in [3.05, 3.63) is 0 Å². The minimum absolute atomic E-state index is 0.292. The molecule has 1 aliphatic heterocycles. The molecule has 66 valence electrons. The fourth-order valence-electron chi connectivity index (χ4n) is 1.08. The lowest BCUT2D eigenvalue weighted by molar-refractivity contribution is -0.156. The van der Waals surface area contributed by atoms with Crippen molar-refractivity contribution >= 4 is 12.6 Å². The smallest absolute Gasteiger partial charge is 0.110 e. The number of hydrogen-bond donors (Lipinski definition) is 4. The molecule has 0 bridgehead atoms. The summed E-state index contributed by atoms with van der Waals surface area (Å²) in [5, 5.41) is 27.0. The molecule has 0 amide bonds. The molecule has 0 aliphatic carbocycles. The van der Waals surface area contributed by atoms with Crippen molar-refractivity contribution in [2.24, 2.45) is 0 Å². The van der Waals surface area contributed by atoms with Crippen LogP contribution in [0.25, 0.3) is 0 Å². The highest BCUT2D eigenvalue weighted by Gasteiger charge is 2.34. The molecule has 1 fully saturated rings. The number of thiol groups is 1. The fourth-order valence-corrected chi connectivity index (χ4v) is 1.45. The molecule has 0 aromatic carbocycles. The Bertz CT molecular complexity index is 132. The third kappa shape index (κ3) is 2.07. The number of aliphatic hydroxyl groups is 3. The van der Waals surface area contributed by atoms with Crippen molar-refractivity contribution in [1.29, 1.82) is 0 Å². The third-order valence-electron chi connectivity index (χ3n) is 1.73. The van der Waals surface area contributed by atoms with E-state index in [2.05, 4.69) is 12.6 Å². The van der Waals surface area contributed by atoms with Crippen LogP contribution in [0, 0.1) is 0 Å². The van der Waals surface area contributed by atoms with E-state index in [1.165, 1.54) is 0 Å². The molecular formula is C6H12O4S. The van der Waals surface area contributed by atoms with E-state index in [-0.39, 0.29) is 6.61 Å². The van der Waals surface area contributed by atoms with E-state index >= 15 is 0 Å². The molecule has 0 saturated carbocycles. The minimum Gasteiger partial charge on any atom is -0.394 e. The van der Waals surface area contributed by atoms with Gasteiger partial charge in [-0.05, 0) is 0 Å². The lowest BCUT2D eigenvalue weighted by Crippen LogP contribution is -2.48. The molecule has 11 heavy (non-hydrogen) atoms. The monoisotopic (exact) mass is 180 g/mol. The third-order valence-corrected chi connectivity index (χ3v) is 2.06. The Kier molecular flexibility index (Phi) is 3.15. The van der Waals surface area contributed by atoms with Gasteiger partial charge in [0.25, 0.3) is 0 Å². The molecule has 4 atom stereocenters. The first-order valence-electron chi connectivity index (χ1n) is 3.45. The Morgan fingerprint density at radius 2 is 2.09 bits per heavy atom. The second kappa shape index (κ2) is 3.73. The Morgan fingerprint density at radius 1 is 1.45 bits per heavy atom. The second-order valence-corrected chi connectivity index (χ2v) is 3.18. The molecule has 4 nitrogen and oxygen atoms in total. The summed E-state index contributed by atoms with van der Waals surface area (Å²) >= 11 is 3.97. The summed E-state index contributed by atoms with van der Waals surface area (Å²) in [5.74, 6) is 0. The maximum Gasteiger partial charge on any atom is 0.110 e. The first-order valence-corrected chi connectivity index (χ1v) is 3.97. The normalized spacial score (nSPS) is 45.8. The van der Waals surface area contributed by atoms with Crippen LogP contribution in [0.1, 0.15) is 6.42 Å². The van der Waals surface area contributed by atoms with Crippen LogP contribution in [0.5, 0.6) is 0 Å². The summed E-state index contributed by atoms with van der Waals surface area (Å²) in [6.07, 6.45) is -2.26. The molecule has 2 unspecified atom stereocenters. The van der Waals surface area contributed by atoms with Gasteiger partial charge in [-0.15, -0.1) is 12.6 Å². The fraction of sp³-hybridized carbons (Fsp3) is 1.00. The maximum atomic E-state index is 9.19. The lowest BCUT2D eigenvalue weighted by atomic mass is 10.0. The molecular weight excluding hydrogens is 168 g/mol. The van der Waals surface area contributed by atoms with E-state index in [0.29, 0.717) is 6.42 Å². The first kappa shape index (κ1) is 9.28. The molecule has 0 spiro atoms. The Labute approximate surface area is 70.2 Å². The van der Waals surface area contributed by atoms with Crippen LogP contribution in [0.15, 0.2) is 0 Å². The minimum atomic E-state index is -0.997. The Hall–Kier alpha value is 0.190. The lowest BCUT2D eigenvalue weighted by Gasteiger charge is -2.34. The van der Waals surface area contributed by atoms with Gasteiger partial charge in [-0.3, -0.25) is 0 Å². The molecule has 0 radical (unpaired) electrons. The molecule has 1 heterocycles. The molecule has 0 aromatic rings. The van der Waals surface area contributed by atoms with Crippen molar-refractivity contribution in [1.82, 2.24) is 0 Å². The maximum absolute atomic E-state index is 9.19. The zero-order valence-electron chi connectivity index (χ0n) is 5.92. The van der Waals surface area contributed by atoms with Gasteiger partial charge in [0.15, 0.2) is 0 Å². The van der Waals surface area contributed by atoms with E-state index in [1.54, 1.807) is 0 Å². The van der Waals surface area contributed by atoms with E-state index in [1.807, 2.05) is 0 Å². The quantitative estimate of drug-likeness (QED) is 0.380. The van der Waals surface area contributed by atoms with E-state index < -0.39 is 23.7 Å². The average molecular weight is 180 g/mol. The van der Waals surface area contributed by atoms with Crippen LogP contribution < -0.4 is 0 Å². The molecule has 5 heteroatoms. The van der Waals surface area contributed by atoms with Gasteiger partial charge in [-0.25, -0.2) is 0 Å². The SMILES string of the molecule is OCC1O[C@H](S)CC(O)[C@@H]1O. The predicted octanol–water partition coefficient (Wildman–Crippen LogP) is -1.25. The molecule has 3 N–H and O–H groups in total. The predicted molar refractivity (Wildman–Crippen MR) is 41.4 cm³/mol. The molecule has 1 aliphatic rings. The van der Waals surface area contributed by atoms with Crippen molar-refractivity contribution in [3.63, 3.8) is 0 Å². The largest absolute Gasteiger partial charge is 0.394 e. The topological polar surface area (TPSA) is 69.9 Å². The van der Waals surface area contributed by atoms with Gasteiger partial charge < -0.3 is 20.1 Å². The molecule has 0 aromatic heterocycles. The van der Waals surface area contributed by atoms with Gasteiger partial charge in [0.1, 0.15) is 17.6 Å². The second-order valence-electron chi connectivity index (χ2n) is 2.61. The van der Waals surface area contributed by atoms with Crippen LogP contribution in [0.4, 0.5) is 0 Å².